The van der Waals surface area contributed by atoms with E-state index in [2.05, 4.69) is 19.2 Å². The number of alkyl halides is 3. The van der Waals surface area contributed by atoms with E-state index in [0.717, 1.165) is 57.0 Å². The fourth-order valence-electron chi connectivity index (χ4n) is 3.84. The van der Waals surface area contributed by atoms with Crippen LogP contribution in [0.3, 0.4) is 0 Å². The quantitative estimate of drug-likeness (QED) is 0.395. The Bertz CT molecular complexity index is 1170. The number of piperazine rings is 1. The van der Waals surface area contributed by atoms with Crippen LogP contribution in [0.4, 0.5) is 13.2 Å². The molecule has 0 unspecified atom stereocenters. The van der Waals surface area contributed by atoms with Gasteiger partial charge in [-0.15, -0.1) is 0 Å². The average molecular weight is 549 g/mol. The molecule has 36 heavy (non-hydrogen) atoms. The summed E-state index contributed by atoms with van der Waals surface area (Å²) in [5.74, 6) is 0. The van der Waals surface area contributed by atoms with Gasteiger partial charge in [-0.3, -0.25) is 0 Å². The monoisotopic (exact) mass is 548 g/mol. The van der Waals surface area contributed by atoms with E-state index in [9.17, 15) is 30.0 Å². The molecule has 1 heterocycles. The fraction of sp³-hybridized carbons (Fsp3) is 0.478. The molecule has 0 bridgehead atoms. The third kappa shape index (κ3) is 8.53. The Balaban J connectivity index is 1.30. The van der Waals surface area contributed by atoms with Crippen molar-refractivity contribution in [2.24, 2.45) is 0 Å². The van der Waals surface area contributed by atoms with Crippen LogP contribution < -0.4 is 9.44 Å². The molecular weight excluding hydrogens is 517 g/mol. The Morgan fingerprint density at radius 1 is 0.667 bits per heavy atom. The first-order valence-corrected chi connectivity index (χ1v) is 14.6. The Hall–Kier alpha value is -2.03. The molecule has 1 saturated heterocycles. The Labute approximate surface area is 210 Å². The third-order valence-corrected chi connectivity index (χ3v) is 8.85. The maximum absolute atomic E-state index is 12.6. The molecule has 1 aliphatic rings. The number of hydrogen-bond acceptors (Lipinski definition) is 6. The molecule has 200 valence electrons. The van der Waals surface area contributed by atoms with Crippen molar-refractivity contribution in [2.75, 3.05) is 52.4 Å². The highest BCUT2D eigenvalue weighted by atomic mass is 32.2. The topological polar surface area (TPSA) is 98.8 Å². The lowest BCUT2D eigenvalue weighted by molar-refractivity contribution is -0.137. The van der Waals surface area contributed by atoms with Crippen molar-refractivity contribution in [3.63, 3.8) is 0 Å². The summed E-state index contributed by atoms with van der Waals surface area (Å²) < 4.78 is 92.1. The maximum atomic E-state index is 12.6. The van der Waals surface area contributed by atoms with E-state index in [4.69, 9.17) is 0 Å². The predicted molar refractivity (Wildman–Crippen MR) is 130 cm³/mol. The molecule has 8 nitrogen and oxygen atoms in total. The first kappa shape index (κ1) is 28.5. The second-order valence-electron chi connectivity index (χ2n) is 8.52. The van der Waals surface area contributed by atoms with E-state index < -0.39 is 31.8 Å². The van der Waals surface area contributed by atoms with Crippen LogP contribution in [-0.2, 0) is 26.2 Å². The zero-order chi connectivity index (χ0) is 26.2. The van der Waals surface area contributed by atoms with Crippen LogP contribution in [0.1, 0.15) is 18.4 Å². The van der Waals surface area contributed by atoms with Crippen LogP contribution in [0.2, 0.25) is 0 Å². The normalized spacial score (nSPS) is 16.3. The number of nitrogens with one attached hydrogen (secondary N) is 2. The van der Waals surface area contributed by atoms with Crippen molar-refractivity contribution in [3.8, 4) is 0 Å². The van der Waals surface area contributed by atoms with Crippen LogP contribution in [0, 0.1) is 0 Å². The lowest BCUT2D eigenvalue weighted by atomic mass is 10.2. The predicted octanol–water partition coefficient (Wildman–Crippen LogP) is 2.36. The van der Waals surface area contributed by atoms with Gasteiger partial charge in [0.25, 0.3) is 0 Å². The zero-order valence-electron chi connectivity index (χ0n) is 19.7. The first-order valence-electron chi connectivity index (χ1n) is 11.6. The fourth-order valence-corrected chi connectivity index (χ4v) is 6.01. The van der Waals surface area contributed by atoms with Crippen LogP contribution in [-0.4, -0.2) is 79.0 Å². The highest BCUT2D eigenvalue weighted by Crippen LogP contribution is 2.29. The van der Waals surface area contributed by atoms with Crippen molar-refractivity contribution in [1.82, 2.24) is 19.2 Å². The second-order valence-corrected chi connectivity index (χ2v) is 12.1. The summed E-state index contributed by atoms with van der Waals surface area (Å²) in [6, 6.07) is 11.7. The smallest absolute Gasteiger partial charge is 0.301 e. The molecule has 0 saturated carbocycles. The molecule has 0 aromatic heterocycles. The summed E-state index contributed by atoms with van der Waals surface area (Å²) in [5.41, 5.74) is -0.894. The van der Waals surface area contributed by atoms with E-state index in [0.29, 0.717) is 25.9 Å². The van der Waals surface area contributed by atoms with E-state index in [1.54, 1.807) is 30.3 Å². The number of sulfonamides is 2. The standard InChI is InChI=1S/C23H31F3N4O4S2/c24-23(25,26)20-8-10-22(11-9-20)36(33,34)28-13-5-15-30-18-16-29(17-19-30)14-4-12-27-35(31,32)21-6-2-1-3-7-21/h1-3,6-11,27-28H,4-5,12-19H2. The van der Waals surface area contributed by atoms with Crippen LogP contribution in [0.25, 0.3) is 0 Å². The van der Waals surface area contributed by atoms with Gasteiger partial charge in [-0.05, 0) is 62.3 Å². The molecule has 1 fully saturated rings. The summed E-state index contributed by atoms with van der Waals surface area (Å²) in [4.78, 5) is 4.54. The molecule has 2 N–H and O–H groups in total. The Morgan fingerprint density at radius 3 is 1.50 bits per heavy atom. The van der Waals surface area contributed by atoms with E-state index in [1.165, 1.54) is 0 Å². The zero-order valence-corrected chi connectivity index (χ0v) is 21.4. The van der Waals surface area contributed by atoms with Crippen LogP contribution in [0.15, 0.2) is 64.4 Å². The maximum Gasteiger partial charge on any atom is 0.416 e. The SMILES string of the molecule is O=S(=O)(NCCCN1CCN(CCCNS(=O)(=O)c2ccc(C(F)(F)F)cc2)CC1)c1ccccc1. The number of rotatable bonds is 12. The van der Waals surface area contributed by atoms with Gasteiger partial charge < -0.3 is 9.80 Å². The average Bonchev–Trinajstić information content (AvgIpc) is 2.85. The van der Waals surface area contributed by atoms with Gasteiger partial charge in [-0.25, -0.2) is 26.3 Å². The van der Waals surface area contributed by atoms with E-state index in [1.807, 2.05) is 0 Å². The third-order valence-electron chi connectivity index (χ3n) is 5.90. The number of nitrogens with zero attached hydrogens (tertiary/aromatic N) is 2. The minimum Gasteiger partial charge on any atom is -0.301 e. The van der Waals surface area contributed by atoms with Crippen molar-refractivity contribution in [3.05, 3.63) is 60.2 Å². The minimum absolute atomic E-state index is 0.186. The van der Waals surface area contributed by atoms with Crippen LogP contribution in [0.5, 0.6) is 0 Å². The lowest BCUT2D eigenvalue weighted by Gasteiger charge is -2.34. The minimum atomic E-state index is -4.51. The van der Waals surface area contributed by atoms with Gasteiger partial charge >= 0.3 is 6.18 Å². The number of halogens is 3. The Morgan fingerprint density at radius 2 is 1.08 bits per heavy atom. The molecular formula is C23H31F3N4O4S2. The summed E-state index contributed by atoms with van der Waals surface area (Å²) in [6.45, 7) is 5.33. The van der Waals surface area contributed by atoms with Gasteiger partial charge in [-0.1, -0.05) is 18.2 Å². The molecule has 0 spiro atoms. The highest BCUT2D eigenvalue weighted by molar-refractivity contribution is 7.89. The summed E-state index contributed by atoms with van der Waals surface area (Å²) in [5, 5.41) is 0. The second kappa shape index (κ2) is 12.5. The molecule has 3 rings (SSSR count). The Kier molecular flexibility index (Phi) is 9.89. The highest BCUT2D eigenvalue weighted by Gasteiger charge is 2.30. The first-order chi connectivity index (χ1) is 17.0. The van der Waals surface area contributed by atoms with E-state index in [-0.39, 0.29) is 16.3 Å². The van der Waals surface area contributed by atoms with Gasteiger partial charge in [0.1, 0.15) is 0 Å². The lowest BCUT2D eigenvalue weighted by Crippen LogP contribution is -2.47. The largest absolute Gasteiger partial charge is 0.416 e. The van der Waals surface area contributed by atoms with Crippen molar-refractivity contribution in [2.45, 2.75) is 28.8 Å². The molecule has 0 radical (unpaired) electrons. The van der Waals surface area contributed by atoms with Gasteiger partial charge in [0.2, 0.25) is 20.0 Å². The molecule has 0 aliphatic carbocycles. The van der Waals surface area contributed by atoms with E-state index >= 15 is 0 Å². The van der Waals surface area contributed by atoms with Gasteiger partial charge in [-0.2, -0.15) is 13.2 Å². The van der Waals surface area contributed by atoms with Crippen molar-refractivity contribution < 1.29 is 30.0 Å². The molecule has 1 aliphatic heterocycles. The number of hydrogen-bond donors (Lipinski definition) is 2. The van der Waals surface area contributed by atoms with Crippen molar-refractivity contribution >= 4 is 20.0 Å². The van der Waals surface area contributed by atoms with Crippen LogP contribution >= 0.6 is 0 Å². The van der Waals surface area contributed by atoms with Gasteiger partial charge in [0.15, 0.2) is 0 Å². The molecule has 13 heteroatoms. The molecule has 2 aromatic carbocycles. The van der Waals surface area contributed by atoms with Gasteiger partial charge in [0, 0.05) is 39.3 Å². The summed E-state index contributed by atoms with van der Waals surface area (Å²) in [7, 11) is -7.36. The summed E-state index contributed by atoms with van der Waals surface area (Å²) in [6.07, 6.45) is -3.25. The molecule has 0 atom stereocenters. The van der Waals surface area contributed by atoms with Crippen molar-refractivity contribution in [1.29, 1.82) is 0 Å². The summed E-state index contributed by atoms with van der Waals surface area (Å²) >= 11 is 0. The number of benzene rings is 2. The molecule has 2 aromatic rings. The van der Waals surface area contributed by atoms with Gasteiger partial charge in [0.05, 0.1) is 15.4 Å². The molecule has 0 amide bonds.